The maximum absolute atomic E-state index is 14.0. The van der Waals surface area contributed by atoms with Gasteiger partial charge in [-0.05, 0) is 76.9 Å². The molecule has 2 atom stereocenters. The molecule has 1 saturated heterocycles. The molecule has 0 radical (unpaired) electrons. The highest BCUT2D eigenvalue weighted by atomic mass is 79.9. The molecule has 4 N–H and O–H groups in total. The number of nitrogens with zero attached hydrogens (tertiary/aromatic N) is 7. The average molecular weight is 902 g/mol. The number of nitrogens with one attached hydrogen (secondary N) is 2. The molecular weight excluding hydrogens is 857 g/mol. The van der Waals surface area contributed by atoms with Gasteiger partial charge in [0.15, 0.2) is 11.8 Å². The minimum atomic E-state index is -1.03. The van der Waals surface area contributed by atoms with Crippen LogP contribution in [0, 0.1) is 0 Å². The topological polar surface area (TPSA) is 218 Å². The molecule has 18 nitrogen and oxygen atoms in total. The number of unbranched alkanes of at least 4 members (excludes halogenated alkanes) is 1. The smallest absolute Gasteiger partial charge is 0.414 e. The fourth-order valence-corrected chi connectivity index (χ4v) is 7.95. The lowest BCUT2D eigenvalue weighted by atomic mass is 10.0. The number of benzene rings is 1. The summed E-state index contributed by atoms with van der Waals surface area (Å²) in [6.45, 7) is 8.51. The third-order valence-electron chi connectivity index (χ3n) is 8.64. The first-order valence-corrected chi connectivity index (χ1v) is 20.1. The number of β-lactam (4-membered cyclic amide) rings is 1. The third-order valence-corrected chi connectivity index (χ3v) is 10.6. The van der Waals surface area contributed by atoms with Crippen LogP contribution in [0.25, 0.3) is 11.2 Å². The largest absolute Gasteiger partial charge is 1.00 e. The Bertz CT molecular complexity index is 2190. The summed E-state index contributed by atoms with van der Waals surface area (Å²) in [7, 11) is 1.57. The zero-order valence-electron chi connectivity index (χ0n) is 32.6. The summed E-state index contributed by atoms with van der Waals surface area (Å²) in [5.41, 5.74) is 7.83. The van der Waals surface area contributed by atoms with E-state index in [2.05, 4.69) is 34.7 Å². The number of anilines is 1. The number of amides is 3. The monoisotopic (exact) mass is 900 g/mol. The molecule has 2 aliphatic heterocycles. The molecule has 0 spiro atoms. The van der Waals surface area contributed by atoms with Crippen LogP contribution in [0.5, 0.6) is 5.75 Å². The van der Waals surface area contributed by atoms with Gasteiger partial charge in [-0.15, -0.1) is 16.7 Å². The molecule has 3 amide bonds. The highest BCUT2D eigenvalue weighted by Crippen LogP contribution is 2.41. The predicted octanol–water partition coefficient (Wildman–Crippen LogP) is 0.112. The van der Waals surface area contributed by atoms with Crippen LogP contribution in [-0.4, -0.2) is 96.4 Å². The number of thioether (sulfide) groups is 1. The van der Waals surface area contributed by atoms with Crippen molar-refractivity contribution in [1.29, 1.82) is 0 Å². The van der Waals surface area contributed by atoms with Crippen LogP contribution in [0.2, 0.25) is 0 Å². The summed E-state index contributed by atoms with van der Waals surface area (Å²) < 4.78 is 24.6. The van der Waals surface area contributed by atoms with Crippen LogP contribution in [0.4, 0.5) is 9.93 Å². The van der Waals surface area contributed by atoms with Crippen molar-refractivity contribution in [1.82, 2.24) is 29.1 Å². The highest BCUT2D eigenvalue weighted by Gasteiger charge is 2.55. The molecule has 4 aromatic rings. The van der Waals surface area contributed by atoms with Gasteiger partial charge in [0.05, 0.1) is 20.2 Å². The molecule has 0 bridgehead atoms. The Morgan fingerprint density at radius 1 is 1.14 bits per heavy atom. The molecule has 3 aromatic heterocycles. The Hall–Kier alpha value is -5.12. The number of hydrogen-bond acceptors (Lipinski definition) is 15. The van der Waals surface area contributed by atoms with E-state index in [-0.39, 0.29) is 59.1 Å². The molecule has 2 unspecified atom stereocenters. The number of fused-ring (bicyclic) bond motifs is 2. The van der Waals surface area contributed by atoms with Crippen LogP contribution in [0.1, 0.15) is 51.9 Å². The summed E-state index contributed by atoms with van der Waals surface area (Å²) in [4.78, 5) is 69.5. The van der Waals surface area contributed by atoms with E-state index in [1.165, 1.54) is 16.7 Å². The van der Waals surface area contributed by atoms with Gasteiger partial charge >= 0.3 is 17.7 Å². The van der Waals surface area contributed by atoms with Gasteiger partial charge in [-0.2, -0.15) is 9.36 Å². The molecule has 21 heteroatoms. The fourth-order valence-electron chi connectivity index (χ4n) is 6.06. The Morgan fingerprint density at radius 3 is 2.62 bits per heavy atom. The average Bonchev–Trinajstić information content (AvgIpc) is 3.79. The second-order valence-electron chi connectivity index (χ2n) is 13.9. The van der Waals surface area contributed by atoms with Crippen LogP contribution in [0.3, 0.4) is 0 Å². The number of rotatable bonds is 16. The SMILES string of the molecule is CCO/N=C(\C(=O)NC1C(=O)N2C(C(=O)OCc3ccc(OC)cc3)=C(C[n+]3cn(CCCCN)c4cccnc43)CSC12)c1nsc(NC(=O)OC(C)(C)C)n1.[Br-]. The Kier molecular flexibility index (Phi) is 14.8. The molecule has 1 fully saturated rings. The summed E-state index contributed by atoms with van der Waals surface area (Å²) in [5.74, 6) is -1.11. The standard InChI is InChI=1S/C37H44N10O8S2.BrH/c1-6-54-43-26(29-41-35(57-44-29)42-36(51)55-37(2,3)4)31(48)40-27-32(49)47-28(34(50)53-19-22-11-13-24(52-5)14-12-22)23(20-56-33(27)47)18-46-21-45(17-8-7-15-38)25-10-9-16-39-30(25)46;/h9-14,16,21,27,33H,6-8,15,17-20,38H2,1-5H3,(H-,40,41,42,44,48,51);1H/b43-26-;. The van der Waals surface area contributed by atoms with E-state index >= 15 is 0 Å². The Morgan fingerprint density at radius 2 is 1.91 bits per heavy atom. The van der Waals surface area contributed by atoms with Gasteiger partial charge in [-0.3, -0.25) is 24.4 Å². The zero-order valence-corrected chi connectivity index (χ0v) is 35.8. The summed E-state index contributed by atoms with van der Waals surface area (Å²) >= 11 is 2.21. The van der Waals surface area contributed by atoms with Gasteiger partial charge in [0.1, 0.15) is 47.9 Å². The van der Waals surface area contributed by atoms with E-state index in [0.29, 0.717) is 23.6 Å². The van der Waals surface area contributed by atoms with E-state index in [4.69, 9.17) is 24.8 Å². The van der Waals surface area contributed by atoms with Crippen LogP contribution < -0.4 is 42.7 Å². The minimum absolute atomic E-state index is 0. The molecule has 0 aliphatic carbocycles. The Balaban J connectivity index is 0.00000641. The first-order chi connectivity index (χ1) is 27.4. The number of aromatic nitrogens is 5. The van der Waals surface area contributed by atoms with E-state index in [1.807, 2.05) is 23.0 Å². The van der Waals surface area contributed by atoms with Gasteiger partial charge in [-0.1, -0.05) is 17.3 Å². The van der Waals surface area contributed by atoms with Crippen molar-refractivity contribution in [3.8, 4) is 5.75 Å². The number of oxime groups is 1. The van der Waals surface area contributed by atoms with Crippen molar-refractivity contribution >= 4 is 69.2 Å². The number of aryl methyl sites for hydroxylation is 1. The van der Waals surface area contributed by atoms with E-state index in [9.17, 15) is 19.2 Å². The van der Waals surface area contributed by atoms with E-state index < -0.39 is 40.9 Å². The maximum Gasteiger partial charge on any atom is 0.414 e. The number of imidazole rings is 1. The van der Waals surface area contributed by atoms with Crippen LogP contribution >= 0.6 is 23.3 Å². The number of nitrogens with two attached hydrogens (primary N) is 1. The predicted molar refractivity (Wildman–Crippen MR) is 211 cm³/mol. The van der Waals surface area contributed by atoms with Crippen molar-refractivity contribution in [2.45, 2.75) is 77.2 Å². The number of ether oxygens (including phenoxy) is 3. The van der Waals surface area contributed by atoms with Crippen LogP contribution in [0.15, 0.2) is 65.3 Å². The maximum atomic E-state index is 14.0. The summed E-state index contributed by atoms with van der Waals surface area (Å²) in [6, 6.07) is 9.94. The minimum Gasteiger partial charge on any atom is -1.00 e. The zero-order chi connectivity index (χ0) is 40.7. The second-order valence-corrected chi connectivity index (χ2v) is 15.8. The normalized spacial score (nSPS) is 16.6. The number of halogens is 1. The molecule has 1 aromatic carbocycles. The summed E-state index contributed by atoms with van der Waals surface area (Å²) in [6.07, 6.45) is 4.67. The number of carbonyl (C=O) groups excluding carboxylic acids is 4. The number of esters is 1. The molecule has 6 rings (SSSR count). The lowest BCUT2D eigenvalue weighted by Gasteiger charge is -2.49. The van der Waals surface area contributed by atoms with Gasteiger partial charge in [0, 0.05) is 22.9 Å². The fraction of sp³-hybridized carbons (Fsp3) is 0.432. The number of carbonyl (C=O) groups is 4. The van der Waals surface area contributed by atoms with E-state index in [1.54, 1.807) is 65.3 Å². The van der Waals surface area contributed by atoms with Crippen LogP contribution in [-0.2, 0) is 48.4 Å². The molecule has 5 heterocycles. The van der Waals surface area contributed by atoms with Crippen molar-refractivity contribution in [3.63, 3.8) is 0 Å². The van der Waals surface area contributed by atoms with Gasteiger partial charge < -0.3 is 47.1 Å². The lowest BCUT2D eigenvalue weighted by molar-refractivity contribution is -0.665. The number of pyridine rings is 1. The van der Waals surface area contributed by atoms with Gasteiger partial charge in [0.2, 0.25) is 16.7 Å². The van der Waals surface area contributed by atoms with Crippen molar-refractivity contribution in [2.24, 2.45) is 10.9 Å². The van der Waals surface area contributed by atoms with Crippen molar-refractivity contribution in [3.05, 3.63) is 71.6 Å². The molecule has 310 valence electrons. The number of hydrogen-bond donors (Lipinski definition) is 3. The van der Waals surface area contributed by atoms with Gasteiger partial charge in [0.25, 0.3) is 11.8 Å². The molecule has 0 saturated carbocycles. The summed E-state index contributed by atoms with van der Waals surface area (Å²) in [5, 5.41) is 8.57. The highest BCUT2D eigenvalue weighted by molar-refractivity contribution is 8.00. The van der Waals surface area contributed by atoms with Crippen molar-refractivity contribution in [2.75, 3.05) is 31.3 Å². The van der Waals surface area contributed by atoms with Gasteiger partial charge in [-0.25, -0.2) is 14.2 Å². The third kappa shape index (κ3) is 10.3. The number of methoxy groups -OCH3 is 1. The van der Waals surface area contributed by atoms with Crippen molar-refractivity contribution < 1.29 is 59.8 Å². The lowest BCUT2D eigenvalue weighted by Crippen LogP contribution is -3.00. The molecule has 2 aliphatic rings. The quantitative estimate of drug-likeness (QED) is 0.0340. The Labute approximate surface area is 353 Å². The first-order valence-electron chi connectivity index (χ1n) is 18.3. The second kappa shape index (κ2) is 19.6. The molecule has 58 heavy (non-hydrogen) atoms. The molecular formula is C37H45BrN10O8S2. The van der Waals surface area contributed by atoms with E-state index in [0.717, 1.165) is 47.6 Å². The first kappa shape index (κ1) is 44.0.